The summed E-state index contributed by atoms with van der Waals surface area (Å²) in [5, 5.41) is 11.1. The molecule has 2 aliphatic heterocycles. The highest BCUT2D eigenvalue weighted by atomic mass is 16.5. The van der Waals surface area contributed by atoms with E-state index in [1.54, 1.807) is 11.0 Å². The molecule has 1 saturated heterocycles. The van der Waals surface area contributed by atoms with Crippen LogP contribution in [-0.2, 0) is 24.2 Å². The molecule has 1 fully saturated rings. The third-order valence-corrected chi connectivity index (χ3v) is 6.04. The van der Waals surface area contributed by atoms with Crippen LogP contribution in [0.2, 0.25) is 0 Å². The van der Waals surface area contributed by atoms with Crippen molar-refractivity contribution in [2.75, 3.05) is 39.3 Å². The molecule has 160 valence electrons. The van der Waals surface area contributed by atoms with Gasteiger partial charge in [-0.1, -0.05) is 18.2 Å². The average Bonchev–Trinajstić information content (AvgIpc) is 3.48. The predicted octanol–water partition coefficient (Wildman–Crippen LogP) is 1.13. The van der Waals surface area contributed by atoms with E-state index < -0.39 is 0 Å². The number of aromatic nitrogens is 5. The Morgan fingerprint density at radius 3 is 2.35 bits per heavy atom. The highest BCUT2D eigenvalue weighted by Crippen LogP contribution is 2.21. The average molecular weight is 419 g/mol. The Kier molecular flexibility index (Phi) is 5.68. The number of carbonyl (C=O) groups is 1. The third kappa shape index (κ3) is 4.62. The van der Waals surface area contributed by atoms with Gasteiger partial charge < -0.3 is 14.5 Å². The first kappa shape index (κ1) is 19.8. The summed E-state index contributed by atoms with van der Waals surface area (Å²) in [5.41, 5.74) is 4.24. The molecule has 0 N–H and O–H groups in total. The topological polar surface area (TPSA) is 89.3 Å². The fourth-order valence-corrected chi connectivity index (χ4v) is 4.12. The van der Waals surface area contributed by atoms with Crippen LogP contribution >= 0.6 is 0 Å². The minimum absolute atomic E-state index is 0.197. The second kappa shape index (κ2) is 8.91. The van der Waals surface area contributed by atoms with Gasteiger partial charge in [-0.3, -0.25) is 0 Å². The van der Waals surface area contributed by atoms with Gasteiger partial charge in [-0.25, -0.2) is 9.78 Å². The number of tetrazole rings is 1. The summed E-state index contributed by atoms with van der Waals surface area (Å²) in [5.74, 6) is 0.529. The van der Waals surface area contributed by atoms with E-state index in [0.29, 0.717) is 6.61 Å². The molecule has 31 heavy (non-hydrogen) atoms. The van der Waals surface area contributed by atoms with Crippen molar-refractivity contribution in [2.45, 2.75) is 19.4 Å². The van der Waals surface area contributed by atoms with Gasteiger partial charge in [-0.15, -0.1) is 5.10 Å². The summed E-state index contributed by atoms with van der Waals surface area (Å²) >= 11 is 0. The maximum Gasteiger partial charge on any atom is 0.338 e. The molecule has 9 heteroatoms. The van der Waals surface area contributed by atoms with Gasteiger partial charge in [0.1, 0.15) is 12.9 Å². The summed E-state index contributed by atoms with van der Waals surface area (Å²) in [6.07, 6.45) is 5.43. The summed E-state index contributed by atoms with van der Waals surface area (Å²) in [6, 6.07) is 10.1. The zero-order valence-electron chi connectivity index (χ0n) is 17.4. The fourth-order valence-electron chi connectivity index (χ4n) is 4.12. The summed E-state index contributed by atoms with van der Waals surface area (Å²) < 4.78 is 6.65. The van der Waals surface area contributed by atoms with E-state index in [1.807, 2.05) is 18.3 Å². The van der Waals surface area contributed by atoms with E-state index in [1.165, 1.54) is 11.1 Å². The Hall–Kier alpha value is -3.17. The van der Waals surface area contributed by atoms with Gasteiger partial charge in [-0.05, 0) is 46.5 Å². The standard InChI is InChI=1S/C22H25N7O2/c30-22-20-3-1-17(13-19(20)15-31-22)5-7-27-9-11-28(12-10-27)8-6-18-2-4-21(23-14-18)29-16-24-25-26-29/h1-4,13-14,16H,5-12,15H2. The van der Waals surface area contributed by atoms with Crippen LogP contribution in [0.5, 0.6) is 0 Å². The molecule has 0 spiro atoms. The number of fused-ring (bicyclic) bond motifs is 1. The third-order valence-electron chi connectivity index (χ3n) is 6.04. The van der Waals surface area contributed by atoms with E-state index in [9.17, 15) is 4.79 Å². The summed E-state index contributed by atoms with van der Waals surface area (Å²) in [7, 11) is 0. The van der Waals surface area contributed by atoms with Crippen molar-refractivity contribution in [3.63, 3.8) is 0 Å². The van der Waals surface area contributed by atoms with Crippen LogP contribution < -0.4 is 0 Å². The Labute approximate surface area is 180 Å². The second-order valence-corrected chi connectivity index (χ2v) is 8.03. The highest BCUT2D eigenvalue weighted by Gasteiger charge is 2.21. The van der Waals surface area contributed by atoms with Gasteiger partial charge in [0.25, 0.3) is 0 Å². The van der Waals surface area contributed by atoms with Gasteiger partial charge >= 0.3 is 5.97 Å². The van der Waals surface area contributed by atoms with Gasteiger partial charge in [0.05, 0.1) is 5.56 Å². The number of pyridine rings is 1. The van der Waals surface area contributed by atoms with Gasteiger partial charge in [0.15, 0.2) is 5.82 Å². The van der Waals surface area contributed by atoms with E-state index in [0.717, 1.165) is 69.1 Å². The van der Waals surface area contributed by atoms with E-state index in [4.69, 9.17) is 4.74 Å². The van der Waals surface area contributed by atoms with Crippen LogP contribution in [0.1, 0.15) is 27.0 Å². The van der Waals surface area contributed by atoms with Crippen molar-refractivity contribution in [3.8, 4) is 5.82 Å². The Bertz CT molecular complexity index is 1030. The van der Waals surface area contributed by atoms with Crippen LogP contribution in [0.4, 0.5) is 0 Å². The molecule has 9 nitrogen and oxygen atoms in total. The maximum absolute atomic E-state index is 11.6. The number of hydrogen-bond acceptors (Lipinski definition) is 8. The van der Waals surface area contributed by atoms with Gasteiger partial charge in [-0.2, -0.15) is 4.68 Å². The summed E-state index contributed by atoms with van der Waals surface area (Å²) in [6.45, 7) is 6.84. The lowest BCUT2D eigenvalue weighted by atomic mass is 10.0. The number of benzene rings is 1. The molecule has 5 rings (SSSR count). The molecule has 0 aliphatic carbocycles. The van der Waals surface area contributed by atoms with Crippen molar-refractivity contribution in [1.29, 1.82) is 0 Å². The predicted molar refractivity (Wildman–Crippen MR) is 113 cm³/mol. The molecular formula is C22H25N7O2. The molecule has 3 aromatic rings. The smallest absolute Gasteiger partial charge is 0.338 e. The lowest BCUT2D eigenvalue weighted by molar-refractivity contribution is 0.0535. The molecule has 2 aromatic heterocycles. The molecule has 0 atom stereocenters. The molecule has 1 aromatic carbocycles. The Balaban J connectivity index is 1.04. The van der Waals surface area contributed by atoms with E-state index in [-0.39, 0.29) is 5.97 Å². The van der Waals surface area contributed by atoms with Gasteiger partial charge in [0, 0.05) is 51.0 Å². The van der Waals surface area contributed by atoms with Crippen molar-refractivity contribution in [3.05, 3.63) is 65.1 Å². The minimum atomic E-state index is -0.197. The van der Waals surface area contributed by atoms with Crippen LogP contribution in [0.15, 0.2) is 42.9 Å². The molecule has 0 radical (unpaired) electrons. The van der Waals surface area contributed by atoms with Crippen LogP contribution in [0.3, 0.4) is 0 Å². The molecule has 0 bridgehead atoms. The van der Waals surface area contributed by atoms with E-state index >= 15 is 0 Å². The molecule has 0 amide bonds. The van der Waals surface area contributed by atoms with Crippen molar-refractivity contribution < 1.29 is 9.53 Å². The number of cyclic esters (lactones) is 1. The lowest BCUT2D eigenvalue weighted by Crippen LogP contribution is -2.47. The van der Waals surface area contributed by atoms with E-state index in [2.05, 4.69) is 48.5 Å². The van der Waals surface area contributed by atoms with Crippen LogP contribution in [-0.4, -0.2) is 80.2 Å². The first-order chi connectivity index (χ1) is 15.2. The second-order valence-electron chi connectivity index (χ2n) is 8.03. The van der Waals surface area contributed by atoms with Crippen molar-refractivity contribution >= 4 is 5.97 Å². The minimum Gasteiger partial charge on any atom is -0.457 e. The lowest BCUT2D eigenvalue weighted by Gasteiger charge is -2.34. The first-order valence-corrected chi connectivity index (χ1v) is 10.7. The Morgan fingerprint density at radius 2 is 1.68 bits per heavy atom. The number of rotatable bonds is 7. The maximum atomic E-state index is 11.6. The Morgan fingerprint density at radius 1 is 0.935 bits per heavy atom. The SMILES string of the molecule is O=C1OCc2cc(CCN3CCN(CCc4ccc(-n5cnnn5)nc4)CC3)ccc21. The molecule has 4 heterocycles. The van der Waals surface area contributed by atoms with Gasteiger partial charge in [0.2, 0.25) is 0 Å². The number of esters is 1. The summed E-state index contributed by atoms with van der Waals surface area (Å²) in [4.78, 5) is 21.1. The number of carbonyl (C=O) groups excluding carboxylic acids is 1. The van der Waals surface area contributed by atoms with Crippen LogP contribution in [0, 0.1) is 0 Å². The quantitative estimate of drug-likeness (QED) is 0.527. The fraction of sp³-hybridized carbons (Fsp3) is 0.409. The van der Waals surface area contributed by atoms with Crippen molar-refractivity contribution in [2.24, 2.45) is 0 Å². The molecule has 0 saturated carbocycles. The highest BCUT2D eigenvalue weighted by molar-refractivity contribution is 5.93. The number of piperazine rings is 1. The monoisotopic (exact) mass is 419 g/mol. The molecule has 2 aliphatic rings. The normalized spacial score (nSPS) is 17.0. The van der Waals surface area contributed by atoms with Crippen LogP contribution in [0.25, 0.3) is 5.82 Å². The zero-order chi connectivity index (χ0) is 21.0. The largest absolute Gasteiger partial charge is 0.457 e. The first-order valence-electron chi connectivity index (χ1n) is 10.7. The molecular weight excluding hydrogens is 394 g/mol. The number of nitrogens with zero attached hydrogens (tertiary/aromatic N) is 7. The number of hydrogen-bond donors (Lipinski definition) is 0. The zero-order valence-corrected chi connectivity index (χ0v) is 17.4. The molecule has 0 unspecified atom stereocenters. The van der Waals surface area contributed by atoms with Crippen molar-refractivity contribution in [1.82, 2.24) is 35.0 Å². The number of ether oxygens (including phenoxy) is 1.